The summed E-state index contributed by atoms with van der Waals surface area (Å²) in [6.07, 6.45) is 1.72. The standard InChI is InChI=1S/C18H27FN4O.HI/c1-13(2)17(24)23-11-9-16(12-23)22-18(20-3)21-10-8-14-4-6-15(19)7-5-14;/h4-7,13,16H,8-12H2,1-3H3,(H2,20,21,22);1H. The Morgan fingerprint density at radius 2 is 2.04 bits per heavy atom. The molecule has 0 radical (unpaired) electrons. The Bertz CT molecular complexity index is 577. The van der Waals surface area contributed by atoms with Crippen LogP contribution in [-0.2, 0) is 11.2 Å². The summed E-state index contributed by atoms with van der Waals surface area (Å²) < 4.78 is 12.9. The Kier molecular flexibility index (Phi) is 9.16. The first-order valence-corrected chi connectivity index (χ1v) is 8.50. The molecule has 1 aromatic carbocycles. The number of halogens is 2. The van der Waals surface area contributed by atoms with E-state index >= 15 is 0 Å². The van der Waals surface area contributed by atoms with Crippen molar-refractivity contribution in [1.29, 1.82) is 0 Å². The van der Waals surface area contributed by atoms with Crippen LogP contribution in [0, 0.1) is 11.7 Å². The second kappa shape index (κ2) is 10.6. The van der Waals surface area contributed by atoms with Gasteiger partial charge in [0.2, 0.25) is 5.91 Å². The zero-order valence-electron chi connectivity index (χ0n) is 15.1. The monoisotopic (exact) mass is 462 g/mol. The molecule has 1 aromatic rings. The molecule has 1 aliphatic heterocycles. The van der Waals surface area contributed by atoms with E-state index in [0.717, 1.165) is 37.5 Å². The summed E-state index contributed by atoms with van der Waals surface area (Å²) in [5, 5.41) is 6.64. The molecule has 0 spiro atoms. The summed E-state index contributed by atoms with van der Waals surface area (Å²) >= 11 is 0. The summed E-state index contributed by atoms with van der Waals surface area (Å²) in [5.41, 5.74) is 1.08. The highest BCUT2D eigenvalue weighted by atomic mass is 127. The van der Waals surface area contributed by atoms with Gasteiger partial charge in [-0.15, -0.1) is 24.0 Å². The fraction of sp³-hybridized carbons (Fsp3) is 0.556. The Hall–Kier alpha value is -1.38. The van der Waals surface area contributed by atoms with E-state index in [1.54, 1.807) is 19.2 Å². The fourth-order valence-corrected chi connectivity index (χ4v) is 2.81. The first-order chi connectivity index (χ1) is 11.5. The Balaban J connectivity index is 0.00000312. The first kappa shape index (κ1) is 21.7. The van der Waals surface area contributed by atoms with E-state index in [4.69, 9.17) is 0 Å². The van der Waals surface area contributed by atoms with E-state index in [0.29, 0.717) is 6.54 Å². The van der Waals surface area contributed by atoms with Gasteiger partial charge in [-0.3, -0.25) is 9.79 Å². The lowest BCUT2D eigenvalue weighted by molar-refractivity contribution is -0.133. The summed E-state index contributed by atoms with van der Waals surface area (Å²) in [4.78, 5) is 18.2. The molecule has 1 heterocycles. The fourth-order valence-electron chi connectivity index (χ4n) is 2.81. The van der Waals surface area contributed by atoms with Gasteiger partial charge in [0.1, 0.15) is 5.82 Å². The molecule has 1 aliphatic rings. The number of hydrogen-bond acceptors (Lipinski definition) is 2. The van der Waals surface area contributed by atoms with Crippen molar-refractivity contribution in [3.63, 3.8) is 0 Å². The molecule has 0 aliphatic carbocycles. The maximum Gasteiger partial charge on any atom is 0.225 e. The number of nitrogens with one attached hydrogen (secondary N) is 2. The highest BCUT2D eigenvalue weighted by Gasteiger charge is 2.27. The van der Waals surface area contributed by atoms with Crippen molar-refractivity contribution in [2.24, 2.45) is 10.9 Å². The van der Waals surface area contributed by atoms with Gasteiger partial charge in [0, 0.05) is 38.6 Å². The topological polar surface area (TPSA) is 56.7 Å². The predicted molar refractivity (Wildman–Crippen MR) is 110 cm³/mol. The number of rotatable bonds is 5. The zero-order valence-corrected chi connectivity index (χ0v) is 17.4. The van der Waals surface area contributed by atoms with Gasteiger partial charge in [-0.2, -0.15) is 0 Å². The molecule has 2 rings (SSSR count). The minimum atomic E-state index is -0.217. The van der Waals surface area contributed by atoms with Gasteiger partial charge in [0.25, 0.3) is 0 Å². The molecule has 1 atom stereocenters. The van der Waals surface area contributed by atoms with Crippen LogP contribution in [0.15, 0.2) is 29.3 Å². The van der Waals surface area contributed by atoms with Gasteiger partial charge < -0.3 is 15.5 Å². The van der Waals surface area contributed by atoms with Crippen molar-refractivity contribution in [3.8, 4) is 0 Å². The molecule has 1 unspecified atom stereocenters. The number of hydrogen-bond donors (Lipinski definition) is 2. The quantitative estimate of drug-likeness (QED) is 0.402. The third-order valence-corrected chi connectivity index (χ3v) is 4.18. The molecular formula is C18H28FIN4O. The van der Waals surface area contributed by atoms with Gasteiger partial charge in [-0.05, 0) is 30.5 Å². The Morgan fingerprint density at radius 1 is 1.36 bits per heavy atom. The minimum absolute atomic E-state index is 0. The summed E-state index contributed by atoms with van der Waals surface area (Å²) in [7, 11) is 1.74. The maximum atomic E-state index is 12.9. The van der Waals surface area contributed by atoms with E-state index in [1.165, 1.54) is 12.1 Å². The molecule has 1 saturated heterocycles. The molecule has 0 bridgehead atoms. The molecule has 0 aromatic heterocycles. The van der Waals surface area contributed by atoms with Crippen molar-refractivity contribution in [2.45, 2.75) is 32.7 Å². The number of carbonyl (C=O) groups excluding carboxylic acids is 1. The predicted octanol–water partition coefficient (Wildman–Crippen LogP) is 2.41. The van der Waals surface area contributed by atoms with Crippen LogP contribution >= 0.6 is 24.0 Å². The van der Waals surface area contributed by atoms with E-state index in [2.05, 4.69) is 15.6 Å². The second-order valence-corrected chi connectivity index (χ2v) is 6.44. The third kappa shape index (κ3) is 6.80. The number of carbonyl (C=O) groups is 1. The first-order valence-electron chi connectivity index (χ1n) is 8.50. The average molecular weight is 462 g/mol. The van der Waals surface area contributed by atoms with Crippen LogP contribution in [0.5, 0.6) is 0 Å². The van der Waals surface area contributed by atoms with Crippen LogP contribution < -0.4 is 10.6 Å². The molecule has 0 saturated carbocycles. The normalized spacial score (nSPS) is 17.4. The lowest BCUT2D eigenvalue weighted by atomic mass is 10.1. The van der Waals surface area contributed by atoms with Crippen LogP contribution in [0.4, 0.5) is 4.39 Å². The number of likely N-dealkylation sites (tertiary alicyclic amines) is 1. The lowest BCUT2D eigenvalue weighted by Gasteiger charge is -2.20. The third-order valence-electron chi connectivity index (χ3n) is 4.18. The second-order valence-electron chi connectivity index (χ2n) is 6.44. The van der Waals surface area contributed by atoms with E-state index in [1.807, 2.05) is 18.7 Å². The number of guanidine groups is 1. The average Bonchev–Trinajstić information content (AvgIpc) is 3.03. The van der Waals surface area contributed by atoms with Crippen molar-refractivity contribution in [1.82, 2.24) is 15.5 Å². The van der Waals surface area contributed by atoms with Crippen LogP contribution in [0.1, 0.15) is 25.8 Å². The van der Waals surface area contributed by atoms with Crippen LogP contribution in [0.25, 0.3) is 0 Å². The molecule has 1 amide bonds. The number of nitrogens with zero attached hydrogens (tertiary/aromatic N) is 2. The highest BCUT2D eigenvalue weighted by molar-refractivity contribution is 14.0. The van der Waals surface area contributed by atoms with Crippen molar-refractivity contribution in [3.05, 3.63) is 35.6 Å². The van der Waals surface area contributed by atoms with Crippen molar-refractivity contribution < 1.29 is 9.18 Å². The van der Waals surface area contributed by atoms with E-state index < -0.39 is 0 Å². The highest BCUT2D eigenvalue weighted by Crippen LogP contribution is 2.12. The SMILES string of the molecule is CN=C(NCCc1ccc(F)cc1)NC1CCN(C(=O)C(C)C)C1.I. The maximum absolute atomic E-state index is 12.9. The van der Waals surface area contributed by atoms with Crippen molar-refractivity contribution >= 4 is 35.8 Å². The molecular weight excluding hydrogens is 434 g/mol. The largest absolute Gasteiger partial charge is 0.356 e. The number of amides is 1. The lowest BCUT2D eigenvalue weighted by Crippen LogP contribution is -2.45. The molecule has 7 heteroatoms. The zero-order chi connectivity index (χ0) is 17.5. The van der Waals surface area contributed by atoms with E-state index in [-0.39, 0.29) is 47.7 Å². The van der Waals surface area contributed by atoms with Gasteiger partial charge in [0.15, 0.2) is 5.96 Å². The molecule has 140 valence electrons. The molecule has 5 nitrogen and oxygen atoms in total. The van der Waals surface area contributed by atoms with Gasteiger partial charge >= 0.3 is 0 Å². The van der Waals surface area contributed by atoms with Gasteiger partial charge in [0.05, 0.1) is 0 Å². The summed E-state index contributed by atoms with van der Waals surface area (Å²) in [6, 6.07) is 6.76. The Labute approximate surface area is 166 Å². The molecule has 2 N–H and O–H groups in total. The van der Waals surface area contributed by atoms with Gasteiger partial charge in [-0.25, -0.2) is 4.39 Å². The summed E-state index contributed by atoms with van der Waals surface area (Å²) in [6.45, 7) is 6.08. The van der Waals surface area contributed by atoms with Crippen LogP contribution in [0.2, 0.25) is 0 Å². The minimum Gasteiger partial charge on any atom is -0.356 e. The van der Waals surface area contributed by atoms with Crippen LogP contribution in [0.3, 0.4) is 0 Å². The Morgan fingerprint density at radius 3 is 2.64 bits per heavy atom. The molecule has 25 heavy (non-hydrogen) atoms. The van der Waals surface area contributed by atoms with Crippen molar-refractivity contribution in [2.75, 3.05) is 26.7 Å². The van der Waals surface area contributed by atoms with E-state index in [9.17, 15) is 9.18 Å². The number of aliphatic imine (C=N–C) groups is 1. The number of benzene rings is 1. The van der Waals surface area contributed by atoms with Crippen LogP contribution in [-0.4, -0.2) is 49.5 Å². The summed E-state index contributed by atoms with van der Waals surface area (Å²) in [5.74, 6) is 0.766. The molecule has 1 fully saturated rings. The smallest absolute Gasteiger partial charge is 0.225 e. The van der Waals surface area contributed by atoms with Gasteiger partial charge in [-0.1, -0.05) is 26.0 Å².